The van der Waals surface area contributed by atoms with Crippen LogP contribution in [0.1, 0.15) is 39.0 Å². The maximum atomic E-state index is 11.8. The molecule has 1 unspecified atom stereocenters. The molecule has 120 valence electrons. The van der Waals surface area contributed by atoms with Crippen LogP contribution in [0, 0.1) is 0 Å². The molecule has 0 radical (unpaired) electrons. The molecule has 1 aliphatic heterocycles. The minimum atomic E-state index is -0.642. The van der Waals surface area contributed by atoms with E-state index in [2.05, 4.69) is 15.1 Å². The number of amides is 2. The third-order valence-corrected chi connectivity index (χ3v) is 4.54. The Kier molecular flexibility index (Phi) is 6.14. The van der Waals surface area contributed by atoms with Gasteiger partial charge in [-0.2, -0.15) is 0 Å². The van der Waals surface area contributed by atoms with Gasteiger partial charge in [0.15, 0.2) is 0 Å². The van der Waals surface area contributed by atoms with E-state index in [-0.39, 0.29) is 12.5 Å². The lowest BCUT2D eigenvalue weighted by molar-refractivity contribution is -0.131. The summed E-state index contributed by atoms with van der Waals surface area (Å²) >= 11 is 0. The smallest absolute Gasteiger partial charge is 0.243 e. The molecule has 2 amide bonds. The summed E-state index contributed by atoms with van der Waals surface area (Å²) < 4.78 is 0. The molecule has 0 bridgehead atoms. The van der Waals surface area contributed by atoms with Gasteiger partial charge in [0.25, 0.3) is 0 Å². The number of piperazine rings is 1. The van der Waals surface area contributed by atoms with Crippen molar-refractivity contribution < 1.29 is 9.59 Å². The highest BCUT2D eigenvalue weighted by molar-refractivity contribution is 5.98. The highest BCUT2D eigenvalue weighted by Gasteiger charge is 2.26. The fourth-order valence-corrected chi connectivity index (χ4v) is 3.23. The van der Waals surface area contributed by atoms with Gasteiger partial charge in [-0.25, -0.2) is 0 Å². The van der Waals surface area contributed by atoms with Gasteiger partial charge in [-0.15, -0.1) is 0 Å². The normalized spacial score (nSPS) is 23.7. The van der Waals surface area contributed by atoms with Crippen molar-refractivity contribution in [2.24, 2.45) is 5.73 Å². The lowest BCUT2D eigenvalue weighted by atomic mass is 9.94. The molecule has 6 nitrogen and oxygen atoms in total. The monoisotopic (exact) mass is 296 g/mol. The van der Waals surface area contributed by atoms with Crippen LogP contribution in [-0.4, -0.2) is 66.4 Å². The van der Waals surface area contributed by atoms with E-state index in [4.69, 9.17) is 5.73 Å². The Bertz CT molecular complexity index is 359. The molecule has 6 heteroatoms. The Morgan fingerprint density at radius 3 is 2.33 bits per heavy atom. The maximum absolute atomic E-state index is 11.8. The molecular weight excluding hydrogens is 268 g/mol. The van der Waals surface area contributed by atoms with Gasteiger partial charge in [0, 0.05) is 32.2 Å². The molecule has 1 saturated heterocycles. The first kappa shape index (κ1) is 16.4. The highest BCUT2D eigenvalue weighted by Crippen LogP contribution is 2.23. The average molecular weight is 296 g/mol. The van der Waals surface area contributed by atoms with Crippen LogP contribution in [-0.2, 0) is 9.59 Å². The molecule has 1 saturated carbocycles. The quantitative estimate of drug-likeness (QED) is 0.759. The molecule has 2 aliphatic rings. The van der Waals surface area contributed by atoms with E-state index in [1.807, 2.05) is 0 Å². The molecule has 0 aromatic carbocycles. The molecule has 2 rings (SSSR count). The number of carbonyl (C=O) groups excluding carboxylic acids is 2. The minimum absolute atomic E-state index is 0.247. The second-order valence-corrected chi connectivity index (χ2v) is 6.31. The Morgan fingerprint density at radius 1 is 1.14 bits per heavy atom. The minimum Gasteiger partial charge on any atom is -0.320 e. The largest absolute Gasteiger partial charge is 0.320 e. The topological polar surface area (TPSA) is 78.7 Å². The lowest BCUT2D eigenvalue weighted by Crippen LogP contribution is -2.53. The summed E-state index contributed by atoms with van der Waals surface area (Å²) in [4.78, 5) is 27.8. The first-order valence-electron chi connectivity index (χ1n) is 8.12. The Hall–Kier alpha value is -0.980. The summed E-state index contributed by atoms with van der Waals surface area (Å²) in [6.07, 6.45) is 6.73. The number of rotatable bonds is 4. The zero-order chi connectivity index (χ0) is 15.2. The van der Waals surface area contributed by atoms with Crippen LogP contribution >= 0.6 is 0 Å². The standard InChI is InChI=1S/C15H28N4O2/c1-12(16)15(21)17-14(20)11-18-7-9-19(10-8-18)13-5-3-2-4-6-13/h12-13H,2-11,16H2,1H3,(H,17,20,21). The molecule has 21 heavy (non-hydrogen) atoms. The van der Waals surface area contributed by atoms with Gasteiger partial charge in [-0.3, -0.25) is 24.7 Å². The molecule has 0 aromatic rings. The summed E-state index contributed by atoms with van der Waals surface area (Å²) in [5, 5.41) is 2.34. The first-order chi connectivity index (χ1) is 10.1. The van der Waals surface area contributed by atoms with Gasteiger partial charge >= 0.3 is 0 Å². The number of hydrogen-bond acceptors (Lipinski definition) is 5. The molecule has 3 N–H and O–H groups in total. The lowest BCUT2D eigenvalue weighted by Gasteiger charge is -2.40. The average Bonchev–Trinajstić information content (AvgIpc) is 2.48. The van der Waals surface area contributed by atoms with Gasteiger partial charge in [0.05, 0.1) is 12.6 Å². The fourth-order valence-electron chi connectivity index (χ4n) is 3.23. The summed E-state index contributed by atoms with van der Waals surface area (Å²) in [6, 6.07) is 0.103. The first-order valence-corrected chi connectivity index (χ1v) is 8.12. The van der Waals surface area contributed by atoms with Crippen molar-refractivity contribution in [1.82, 2.24) is 15.1 Å². The molecule has 0 spiro atoms. The van der Waals surface area contributed by atoms with Crippen molar-refractivity contribution in [3.63, 3.8) is 0 Å². The third-order valence-electron chi connectivity index (χ3n) is 4.54. The molecule has 1 aliphatic carbocycles. The maximum Gasteiger partial charge on any atom is 0.243 e. The van der Waals surface area contributed by atoms with E-state index in [0.29, 0.717) is 0 Å². The van der Waals surface area contributed by atoms with Crippen LogP contribution in [0.2, 0.25) is 0 Å². The SMILES string of the molecule is CC(N)C(=O)NC(=O)CN1CCN(C2CCCCC2)CC1. The van der Waals surface area contributed by atoms with Crippen LogP contribution in [0.15, 0.2) is 0 Å². The number of hydrogen-bond donors (Lipinski definition) is 2. The number of carbonyl (C=O) groups is 2. The van der Waals surface area contributed by atoms with E-state index in [1.165, 1.54) is 32.1 Å². The zero-order valence-electron chi connectivity index (χ0n) is 13.0. The second kappa shape index (κ2) is 7.87. The van der Waals surface area contributed by atoms with Gasteiger partial charge in [-0.1, -0.05) is 19.3 Å². The number of imide groups is 1. The fraction of sp³-hybridized carbons (Fsp3) is 0.867. The molecule has 2 fully saturated rings. The number of nitrogens with two attached hydrogens (primary N) is 1. The second-order valence-electron chi connectivity index (χ2n) is 6.31. The molecule has 1 atom stereocenters. The summed E-state index contributed by atoms with van der Waals surface area (Å²) in [5.74, 6) is -0.649. The third kappa shape index (κ3) is 5.05. The van der Waals surface area contributed by atoms with Crippen molar-refractivity contribution in [1.29, 1.82) is 0 Å². The highest BCUT2D eigenvalue weighted by atomic mass is 16.2. The zero-order valence-corrected chi connectivity index (χ0v) is 13.0. The Balaban J connectivity index is 1.68. The van der Waals surface area contributed by atoms with E-state index in [0.717, 1.165) is 32.2 Å². The van der Waals surface area contributed by atoms with E-state index in [1.54, 1.807) is 6.92 Å². The van der Waals surface area contributed by atoms with Gasteiger partial charge < -0.3 is 5.73 Å². The number of nitrogens with zero attached hydrogens (tertiary/aromatic N) is 2. The van der Waals surface area contributed by atoms with Crippen LogP contribution in [0.25, 0.3) is 0 Å². The summed E-state index contributed by atoms with van der Waals surface area (Å²) in [5.41, 5.74) is 5.43. The Morgan fingerprint density at radius 2 is 1.76 bits per heavy atom. The predicted molar refractivity (Wildman–Crippen MR) is 81.7 cm³/mol. The van der Waals surface area contributed by atoms with Crippen molar-refractivity contribution in [3.8, 4) is 0 Å². The van der Waals surface area contributed by atoms with Gasteiger partial charge in [0.1, 0.15) is 0 Å². The van der Waals surface area contributed by atoms with Crippen LogP contribution in [0.4, 0.5) is 0 Å². The van der Waals surface area contributed by atoms with Crippen LogP contribution in [0.5, 0.6) is 0 Å². The van der Waals surface area contributed by atoms with Gasteiger partial charge in [0.2, 0.25) is 11.8 Å². The van der Waals surface area contributed by atoms with Crippen LogP contribution in [0.3, 0.4) is 0 Å². The Labute approximate surface area is 127 Å². The number of nitrogens with one attached hydrogen (secondary N) is 1. The summed E-state index contributed by atoms with van der Waals surface area (Å²) in [6.45, 7) is 5.72. The van der Waals surface area contributed by atoms with Gasteiger partial charge in [-0.05, 0) is 19.8 Å². The van der Waals surface area contributed by atoms with E-state index in [9.17, 15) is 9.59 Å². The van der Waals surface area contributed by atoms with Crippen molar-refractivity contribution in [2.75, 3.05) is 32.7 Å². The van der Waals surface area contributed by atoms with E-state index < -0.39 is 11.9 Å². The van der Waals surface area contributed by atoms with Crippen molar-refractivity contribution in [3.05, 3.63) is 0 Å². The van der Waals surface area contributed by atoms with Crippen molar-refractivity contribution >= 4 is 11.8 Å². The predicted octanol–water partition coefficient (Wildman–Crippen LogP) is -0.0733. The van der Waals surface area contributed by atoms with E-state index >= 15 is 0 Å². The molecule has 1 heterocycles. The summed E-state index contributed by atoms with van der Waals surface area (Å²) in [7, 11) is 0. The molecular formula is C15H28N4O2. The molecule has 0 aromatic heterocycles. The van der Waals surface area contributed by atoms with Crippen molar-refractivity contribution in [2.45, 2.75) is 51.1 Å². The van der Waals surface area contributed by atoms with Crippen LogP contribution < -0.4 is 11.1 Å².